The first-order valence-corrected chi connectivity index (χ1v) is 10.7. The summed E-state index contributed by atoms with van der Waals surface area (Å²) in [7, 11) is 0. The zero-order chi connectivity index (χ0) is 23.2. The van der Waals surface area contributed by atoms with Gasteiger partial charge in [-0.05, 0) is 32.9 Å². The van der Waals surface area contributed by atoms with Gasteiger partial charge in [-0.15, -0.1) is 11.3 Å². The Morgan fingerprint density at radius 2 is 2.09 bits per heavy atom. The molecule has 0 unspecified atom stereocenters. The van der Waals surface area contributed by atoms with E-state index in [1.165, 1.54) is 24.3 Å². The Morgan fingerprint density at radius 1 is 1.34 bits per heavy atom. The lowest BCUT2D eigenvalue weighted by atomic mass is 10.0. The number of halogens is 4. The summed E-state index contributed by atoms with van der Waals surface area (Å²) in [5, 5.41) is 3.51. The number of nitrogens with one attached hydrogen (secondary N) is 1. The molecular weight excluding hydrogens is 444 g/mol. The van der Waals surface area contributed by atoms with Crippen molar-refractivity contribution < 1.29 is 22.4 Å². The average molecular weight is 464 g/mol. The minimum Gasteiger partial charge on any atom is -0.345 e. The minimum absolute atomic E-state index is 0.0293. The summed E-state index contributed by atoms with van der Waals surface area (Å²) in [6.07, 6.45) is 0.491. The minimum atomic E-state index is -4.82. The first-order chi connectivity index (χ1) is 15.0. The van der Waals surface area contributed by atoms with E-state index in [0.29, 0.717) is 18.4 Å². The zero-order valence-corrected chi connectivity index (χ0v) is 18.3. The SMILES string of the molecule is Cc1ncc(C2=CN3C[C@@H](C)N=C3C(C(=O)N[C@H](C)c3cccc(C(F)(F)F)c3F)=C2)s1. The lowest BCUT2D eigenvalue weighted by Crippen LogP contribution is -2.37. The average Bonchev–Trinajstić information content (AvgIpc) is 3.30. The first-order valence-electron chi connectivity index (χ1n) is 9.92. The fourth-order valence-electron chi connectivity index (χ4n) is 3.71. The molecule has 0 spiro atoms. The molecule has 32 heavy (non-hydrogen) atoms. The van der Waals surface area contributed by atoms with Crippen LogP contribution in [0.4, 0.5) is 17.6 Å². The highest BCUT2D eigenvalue weighted by Gasteiger charge is 2.36. The third-order valence-electron chi connectivity index (χ3n) is 5.21. The summed E-state index contributed by atoms with van der Waals surface area (Å²) in [6, 6.07) is 2.02. The van der Waals surface area contributed by atoms with E-state index in [2.05, 4.69) is 15.3 Å². The topological polar surface area (TPSA) is 57.6 Å². The van der Waals surface area contributed by atoms with E-state index < -0.39 is 29.5 Å². The molecule has 2 atom stereocenters. The number of thiazole rings is 1. The van der Waals surface area contributed by atoms with Gasteiger partial charge in [0.1, 0.15) is 11.7 Å². The number of fused-ring (bicyclic) bond motifs is 1. The molecule has 10 heteroatoms. The van der Waals surface area contributed by atoms with Crippen molar-refractivity contribution in [3.63, 3.8) is 0 Å². The molecule has 2 aliphatic rings. The quantitative estimate of drug-likeness (QED) is 0.657. The smallest absolute Gasteiger partial charge is 0.345 e. The maximum absolute atomic E-state index is 14.5. The van der Waals surface area contributed by atoms with Crippen molar-refractivity contribution in [2.45, 2.75) is 39.0 Å². The van der Waals surface area contributed by atoms with E-state index in [0.717, 1.165) is 21.5 Å². The van der Waals surface area contributed by atoms with Crippen molar-refractivity contribution in [2.24, 2.45) is 4.99 Å². The number of aromatic nitrogens is 1. The molecule has 1 N–H and O–H groups in total. The van der Waals surface area contributed by atoms with Gasteiger partial charge in [0.15, 0.2) is 0 Å². The van der Waals surface area contributed by atoms with E-state index in [1.807, 2.05) is 24.9 Å². The number of hydrogen-bond acceptors (Lipinski definition) is 5. The molecule has 0 saturated carbocycles. The second kappa shape index (κ2) is 8.16. The third-order valence-corrected chi connectivity index (χ3v) is 6.17. The highest BCUT2D eigenvalue weighted by atomic mass is 32.1. The molecule has 168 valence electrons. The predicted octanol–water partition coefficient (Wildman–Crippen LogP) is 4.87. The number of hydrogen-bond donors (Lipinski definition) is 1. The third kappa shape index (κ3) is 4.19. The van der Waals surface area contributed by atoms with Gasteiger partial charge in [-0.3, -0.25) is 9.79 Å². The van der Waals surface area contributed by atoms with Crippen molar-refractivity contribution in [1.29, 1.82) is 0 Å². The van der Waals surface area contributed by atoms with Crippen LogP contribution in [-0.2, 0) is 11.0 Å². The molecule has 1 aromatic carbocycles. The van der Waals surface area contributed by atoms with Gasteiger partial charge in [-0.1, -0.05) is 12.1 Å². The Balaban J connectivity index is 1.64. The van der Waals surface area contributed by atoms with E-state index in [9.17, 15) is 22.4 Å². The Hall–Kier alpha value is -3.01. The van der Waals surface area contributed by atoms with E-state index in [1.54, 1.807) is 12.3 Å². The van der Waals surface area contributed by atoms with Crippen molar-refractivity contribution >= 4 is 28.7 Å². The van der Waals surface area contributed by atoms with Crippen LogP contribution in [0.5, 0.6) is 0 Å². The van der Waals surface area contributed by atoms with Crippen molar-refractivity contribution in [1.82, 2.24) is 15.2 Å². The molecule has 3 heterocycles. The van der Waals surface area contributed by atoms with Crippen LogP contribution in [0.25, 0.3) is 5.57 Å². The number of amidine groups is 1. The van der Waals surface area contributed by atoms with Crippen LogP contribution in [0.3, 0.4) is 0 Å². The molecule has 2 aromatic rings. The van der Waals surface area contributed by atoms with Crippen LogP contribution in [0, 0.1) is 12.7 Å². The molecule has 1 aromatic heterocycles. The fourth-order valence-corrected chi connectivity index (χ4v) is 4.47. The van der Waals surface area contributed by atoms with Crippen LogP contribution in [0.15, 0.2) is 47.2 Å². The Kier molecular flexibility index (Phi) is 5.66. The van der Waals surface area contributed by atoms with Gasteiger partial charge in [0.25, 0.3) is 5.91 Å². The number of carbonyl (C=O) groups is 1. The normalized spacial score (nSPS) is 19.2. The van der Waals surface area contributed by atoms with Crippen molar-refractivity contribution in [2.75, 3.05) is 6.54 Å². The van der Waals surface area contributed by atoms with Crippen LogP contribution < -0.4 is 5.32 Å². The summed E-state index contributed by atoms with van der Waals surface area (Å²) >= 11 is 1.48. The van der Waals surface area contributed by atoms with E-state index >= 15 is 0 Å². The molecule has 1 amide bonds. The standard InChI is InChI=1S/C22H20F4N4OS/c1-11-9-30-10-14(18-8-27-13(3)32-18)7-16(20(30)28-11)21(31)29-12(2)15-5-4-6-17(19(15)23)22(24,25)26/h4-8,10-12H,9H2,1-3H3,(H,29,31)/t11-,12-/m1/s1. The van der Waals surface area contributed by atoms with Gasteiger partial charge in [-0.2, -0.15) is 13.2 Å². The molecule has 0 bridgehead atoms. The maximum Gasteiger partial charge on any atom is 0.419 e. The number of nitrogens with zero attached hydrogens (tertiary/aromatic N) is 3. The number of alkyl halides is 3. The summed E-state index contributed by atoms with van der Waals surface area (Å²) in [5.41, 5.74) is -0.542. The van der Waals surface area contributed by atoms with Crippen LogP contribution in [0.2, 0.25) is 0 Å². The van der Waals surface area contributed by atoms with Gasteiger partial charge in [0.05, 0.1) is 33.1 Å². The Labute approximate surface area is 186 Å². The van der Waals surface area contributed by atoms with Gasteiger partial charge in [-0.25, -0.2) is 9.37 Å². The molecule has 5 nitrogen and oxygen atoms in total. The highest BCUT2D eigenvalue weighted by molar-refractivity contribution is 7.12. The van der Waals surface area contributed by atoms with Crippen LogP contribution in [0.1, 0.15) is 40.9 Å². The number of aryl methyl sites for hydroxylation is 1. The molecule has 2 aliphatic heterocycles. The Bertz CT molecular complexity index is 1160. The predicted molar refractivity (Wildman–Crippen MR) is 114 cm³/mol. The fraction of sp³-hybridized carbons (Fsp3) is 0.318. The van der Waals surface area contributed by atoms with Gasteiger partial charge >= 0.3 is 6.18 Å². The summed E-state index contributed by atoms with van der Waals surface area (Å²) in [5.74, 6) is -1.45. The highest BCUT2D eigenvalue weighted by Crippen LogP contribution is 2.34. The second-order valence-corrected chi connectivity index (χ2v) is 8.98. The number of rotatable bonds is 4. The van der Waals surface area contributed by atoms with Crippen LogP contribution >= 0.6 is 11.3 Å². The summed E-state index contributed by atoms with van der Waals surface area (Å²) in [4.78, 5) is 24.7. The number of allylic oxidation sites excluding steroid dienone is 2. The maximum atomic E-state index is 14.5. The molecule has 0 saturated heterocycles. The molecule has 4 rings (SSSR count). The Morgan fingerprint density at radius 3 is 2.75 bits per heavy atom. The summed E-state index contributed by atoms with van der Waals surface area (Å²) in [6.45, 7) is 5.84. The number of aliphatic imine (C=N–C) groups is 1. The van der Waals surface area contributed by atoms with E-state index in [4.69, 9.17) is 0 Å². The number of amides is 1. The molecular formula is C22H20F4N4OS. The summed E-state index contributed by atoms with van der Waals surface area (Å²) < 4.78 is 53.7. The second-order valence-electron chi connectivity index (χ2n) is 7.74. The number of carbonyl (C=O) groups excluding carboxylic acids is 1. The molecule has 0 aliphatic carbocycles. The zero-order valence-electron chi connectivity index (χ0n) is 17.5. The largest absolute Gasteiger partial charge is 0.419 e. The van der Waals surface area contributed by atoms with Gasteiger partial charge in [0.2, 0.25) is 0 Å². The molecule has 0 fully saturated rings. The lowest BCUT2D eigenvalue weighted by Gasteiger charge is -2.25. The number of benzene rings is 1. The van der Waals surface area contributed by atoms with Gasteiger partial charge in [0, 0.05) is 30.1 Å². The van der Waals surface area contributed by atoms with Crippen LogP contribution in [-0.4, -0.2) is 34.2 Å². The first kappa shape index (κ1) is 22.2. The lowest BCUT2D eigenvalue weighted by molar-refractivity contribution is -0.140. The van der Waals surface area contributed by atoms with Crippen molar-refractivity contribution in [3.05, 3.63) is 69.1 Å². The van der Waals surface area contributed by atoms with E-state index in [-0.39, 0.29) is 17.2 Å². The monoisotopic (exact) mass is 464 g/mol. The van der Waals surface area contributed by atoms with Crippen molar-refractivity contribution in [3.8, 4) is 0 Å². The molecule has 0 radical (unpaired) electrons. The van der Waals surface area contributed by atoms with Gasteiger partial charge < -0.3 is 10.2 Å².